The number of sulfone groups is 1. The zero-order valence-corrected chi connectivity index (χ0v) is 24.0. The minimum Gasteiger partial charge on any atom is -0.481 e. The summed E-state index contributed by atoms with van der Waals surface area (Å²) in [5.41, 5.74) is 1.16. The second kappa shape index (κ2) is 11.5. The van der Waals surface area contributed by atoms with E-state index in [0.29, 0.717) is 32.6 Å². The van der Waals surface area contributed by atoms with Crippen LogP contribution in [0.3, 0.4) is 0 Å². The second-order valence-electron chi connectivity index (χ2n) is 10.0. The van der Waals surface area contributed by atoms with Crippen molar-refractivity contribution in [3.8, 4) is 0 Å². The number of morpholine rings is 1. The molecule has 1 saturated heterocycles. The van der Waals surface area contributed by atoms with Crippen LogP contribution in [0.1, 0.15) is 63.8 Å². The van der Waals surface area contributed by atoms with Gasteiger partial charge < -0.3 is 14.7 Å². The molecule has 1 aliphatic heterocycles. The van der Waals surface area contributed by atoms with E-state index in [4.69, 9.17) is 39.5 Å². The third-order valence-electron chi connectivity index (χ3n) is 6.42. The van der Waals surface area contributed by atoms with Crippen LogP contribution in [0.15, 0.2) is 42.5 Å². The van der Waals surface area contributed by atoms with Crippen LogP contribution in [0, 0.1) is 0 Å². The molecule has 2 aromatic rings. The molecule has 1 heterocycles. The maximum atomic E-state index is 13.8. The first-order valence-corrected chi connectivity index (χ1v) is 14.6. The highest BCUT2D eigenvalue weighted by molar-refractivity contribution is 7.92. The fourth-order valence-electron chi connectivity index (χ4n) is 4.35. The van der Waals surface area contributed by atoms with Crippen molar-refractivity contribution in [1.82, 2.24) is 4.90 Å². The Balaban J connectivity index is 2.24. The number of hydrogen-bond acceptors (Lipinski definition) is 5. The van der Waals surface area contributed by atoms with Crippen molar-refractivity contribution in [2.24, 2.45) is 0 Å². The molecular weight excluding hydrogens is 561 g/mol. The molecule has 0 spiro atoms. The fourth-order valence-corrected chi connectivity index (χ4v) is 6.43. The lowest BCUT2D eigenvalue weighted by atomic mass is 9.89. The van der Waals surface area contributed by atoms with Gasteiger partial charge in [-0.05, 0) is 68.7 Å². The van der Waals surface area contributed by atoms with Gasteiger partial charge in [0.05, 0.1) is 23.0 Å². The molecule has 0 aliphatic carbocycles. The van der Waals surface area contributed by atoms with Crippen LogP contribution >= 0.6 is 34.8 Å². The number of aliphatic carboxylic acids is 1. The van der Waals surface area contributed by atoms with Gasteiger partial charge >= 0.3 is 5.97 Å². The molecule has 3 rings (SSSR count). The van der Waals surface area contributed by atoms with Crippen molar-refractivity contribution >= 4 is 56.5 Å². The maximum Gasteiger partial charge on any atom is 0.306 e. The summed E-state index contributed by atoms with van der Waals surface area (Å²) in [6.07, 6.45) is -2.50. The standard InChI is InChI=1S/C26H30Cl3NO6S/c1-5-20(14-37(34,35)26(2,3)4)30-23(15-6-8-17(27)9-7-15)24(16-10-18(28)12-19(29)11-16)36-21(25(30)33)13-22(31)32/h6-12,20-21,23-24H,5,13-14H2,1-4H3,(H,31,32). The third-order valence-corrected chi connectivity index (χ3v) is 9.80. The van der Waals surface area contributed by atoms with Crippen LogP contribution < -0.4 is 0 Å². The number of rotatable bonds is 8. The zero-order valence-electron chi connectivity index (χ0n) is 20.9. The Morgan fingerprint density at radius 2 is 1.59 bits per heavy atom. The molecule has 0 saturated carbocycles. The molecule has 37 heavy (non-hydrogen) atoms. The monoisotopic (exact) mass is 589 g/mol. The van der Waals surface area contributed by atoms with E-state index in [-0.39, 0.29) is 5.75 Å². The predicted molar refractivity (Wildman–Crippen MR) is 145 cm³/mol. The van der Waals surface area contributed by atoms with Crippen molar-refractivity contribution in [2.45, 2.75) is 69.6 Å². The van der Waals surface area contributed by atoms with Crippen LogP contribution in [0.25, 0.3) is 0 Å². The number of benzene rings is 2. The zero-order chi connectivity index (χ0) is 27.7. The molecule has 0 radical (unpaired) electrons. The van der Waals surface area contributed by atoms with Crippen LogP contribution in [0.4, 0.5) is 0 Å². The van der Waals surface area contributed by atoms with E-state index in [9.17, 15) is 23.1 Å². The molecule has 2 aromatic carbocycles. The number of halogens is 3. The number of ether oxygens (including phenoxy) is 1. The molecule has 1 fully saturated rings. The number of carbonyl (C=O) groups is 2. The molecule has 1 aliphatic rings. The Bertz CT molecular complexity index is 1240. The van der Waals surface area contributed by atoms with Gasteiger partial charge in [0, 0.05) is 21.1 Å². The quantitative estimate of drug-likeness (QED) is 0.397. The SMILES string of the molecule is CCC(CS(=O)(=O)C(C)(C)C)N1C(=O)C(CC(=O)O)OC(c2cc(Cl)cc(Cl)c2)C1c1ccc(Cl)cc1. The van der Waals surface area contributed by atoms with Crippen molar-refractivity contribution in [1.29, 1.82) is 0 Å². The predicted octanol–water partition coefficient (Wildman–Crippen LogP) is 6.12. The van der Waals surface area contributed by atoms with Gasteiger partial charge in [-0.15, -0.1) is 0 Å². The van der Waals surface area contributed by atoms with Crippen molar-refractivity contribution in [3.05, 3.63) is 68.7 Å². The van der Waals surface area contributed by atoms with Crippen molar-refractivity contribution < 1.29 is 27.9 Å². The van der Waals surface area contributed by atoms with Gasteiger partial charge in [-0.2, -0.15) is 0 Å². The van der Waals surface area contributed by atoms with Gasteiger partial charge in [-0.1, -0.05) is 53.9 Å². The molecule has 11 heteroatoms. The van der Waals surface area contributed by atoms with E-state index in [1.165, 1.54) is 4.90 Å². The highest BCUT2D eigenvalue weighted by Gasteiger charge is 2.48. The summed E-state index contributed by atoms with van der Waals surface area (Å²) < 4.78 is 31.6. The summed E-state index contributed by atoms with van der Waals surface area (Å²) in [5, 5.41) is 10.7. The summed E-state index contributed by atoms with van der Waals surface area (Å²) in [6, 6.07) is 10.1. The molecular formula is C26H30Cl3NO6S. The lowest BCUT2D eigenvalue weighted by Gasteiger charge is -2.48. The number of hydrogen-bond donors (Lipinski definition) is 1. The molecule has 1 N–H and O–H groups in total. The lowest BCUT2D eigenvalue weighted by Crippen LogP contribution is -2.57. The van der Waals surface area contributed by atoms with Crippen LogP contribution in [-0.2, 0) is 24.2 Å². The van der Waals surface area contributed by atoms with Crippen LogP contribution in [0.2, 0.25) is 15.1 Å². The van der Waals surface area contributed by atoms with Gasteiger partial charge in [-0.25, -0.2) is 8.42 Å². The van der Waals surface area contributed by atoms with Gasteiger partial charge in [0.15, 0.2) is 9.84 Å². The van der Waals surface area contributed by atoms with E-state index in [1.54, 1.807) is 70.2 Å². The minimum atomic E-state index is -3.64. The average Bonchev–Trinajstić information content (AvgIpc) is 2.77. The van der Waals surface area contributed by atoms with E-state index in [0.717, 1.165) is 0 Å². The molecule has 0 aromatic heterocycles. The van der Waals surface area contributed by atoms with Gasteiger partial charge in [-0.3, -0.25) is 9.59 Å². The number of carbonyl (C=O) groups excluding carboxylic acids is 1. The average molecular weight is 591 g/mol. The molecule has 4 atom stereocenters. The number of nitrogens with zero attached hydrogens (tertiary/aromatic N) is 1. The number of carboxylic acids is 1. The van der Waals surface area contributed by atoms with Gasteiger partial charge in [0.2, 0.25) is 0 Å². The molecule has 202 valence electrons. The topological polar surface area (TPSA) is 101 Å². The van der Waals surface area contributed by atoms with E-state index in [2.05, 4.69) is 0 Å². The normalized spacial score (nSPS) is 21.6. The molecule has 0 bridgehead atoms. The fraction of sp³-hybridized carbons (Fsp3) is 0.462. The molecule has 1 amide bonds. The van der Waals surface area contributed by atoms with Crippen molar-refractivity contribution in [3.63, 3.8) is 0 Å². The smallest absolute Gasteiger partial charge is 0.306 e. The first-order chi connectivity index (χ1) is 17.1. The van der Waals surface area contributed by atoms with Gasteiger partial charge in [0.1, 0.15) is 12.2 Å². The second-order valence-corrected chi connectivity index (χ2v) is 14.1. The summed E-state index contributed by atoms with van der Waals surface area (Å²) in [4.78, 5) is 27.0. The number of carboxylic acid groups (broad SMARTS) is 1. The Kier molecular flexibility index (Phi) is 9.23. The Morgan fingerprint density at radius 3 is 2.08 bits per heavy atom. The molecule has 7 nitrogen and oxygen atoms in total. The highest BCUT2D eigenvalue weighted by Crippen LogP contribution is 2.45. The van der Waals surface area contributed by atoms with Crippen molar-refractivity contribution in [2.75, 3.05) is 5.75 Å². The highest BCUT2D eigenvalue weighted by atomic mass is 35.5. The van der Waals surface area contributed by atoms with E-state index < -0.39 is 57.2 Å². The first kappa shape index (κ1) is 29.7. The minimum absolute atomic E-state index is 0.300. The Morgan fingerprint density at radius 1 is 1.03 bits per heavy atom. The summed E-state index contributed by atoms with van der Waals surface area (Å²) in [6.45, 7) is 6.62. The maximum absolute atomic E-state index is 13.8. The number of amides is 1. The Hall–Kier alpha value is -1.84. The van der Waals surface area contributed by atoms with Gasteiger partial charge in [0.25, 0.3) is 5.91 Å². The summed E-state index contributed by atoms with van der Waals surface area (Å²) in [5.74, 6) is -2.12. The van der Waals surface area contributed by atoms with Crippen LogP contribution in [0.5, 0.6) is 0 Å². The van der Waals surface area contributed by atoms with E-state index in [1.807, 2.05) is 0 Å². The summed E-state index contributed by atoms with van der Waals surface area (Å²) in [7, 11) is -3.64. The largest absolute Gasteiger partial charge is 0.481 e. The third kappa shape index (κ3) is 6.79. The molecule has 4 unspecified atom stereocenters. The van der Waals surface area contributed by atoms with Crippen LogP contribution in [-0.4, -0.2) is 52.9 Å². The Labute approximate surface area is 232 Å². The first-order valence-electron chi connectivity index (χ1n) is 11.8. The lowest BCUT2D eigenvalue weighted by molar-refractivity contribution is -0.182. The van der Waals surface area contributed by atoms with E-state index >= 15 is 0 Å². The summed E-state index contributed by atoms with van der Waals surface area (Å²) >= 11 is 18.7.